The Hall–Kier alpha value is -1.34. The van der Waals surface area contributed by atoms with E-state index in [9.17, 15) is 0 Å². The van der Waals surface area contributed by atoms with Crippen LogP contribution in [0.4, 0.5) is 0 Å². The maximum Gasteiger partial charge on any atom is 0.0720 e. The lowest BCUT2D eigenvalue weighted by Crippen LogP contribution is -2.08. The summed E-state index contributed by atoms with van der Waals surface area (Å²) in [7, 11) is 0. The van der Waals surface area contributed by atoms with Gasteiger partial charge in [0.05, 0.1) is 12.7 Å². The third-order valence-electron chi connectivity index (χ3n) is 3.78. The molecule has 17 heavy (non-hydrogen) atoms. The zero-order valence-corrected chi connectivity index (χ0v) is 9.96. The van der Waals surface area contributed by atoms with Crippen molar-refractivity contribution < 1.29 is 4.74 Å². The minimum absolute atomic E-state index is 0.428. The normalized spacial score (nSPS) is 30.5. The van der Waals surface area contributed by atoms with Crippen LogP contribution in [0, 0.1) is 11.8 Å². The van der Waals surface area contributed by atoms with E-state index in [4.69, 9.17) is 4.74 Å². The van der Waals surface area contributed by atoms with Crippen molar-refractivity contribution in [3.8, 4) is 0 Å². The average molecular weight is 226 g/mol. The second-order valence-corrected chi connectivity index (χ2v) is 4.99. The molecule has 0 aromatic heterocycles. The van der Waals surface area contributed by atoms with E-state index in [-0.39, 0.29) is 0 Å². The highest BCUT2D eigenvalue weighted by Gasteiger charge is 2.32. The van der Waals surface area contributed by atoms with Crippen LogP contribution in [0.3, 0.4) is 0 Å². The largest absolute Gasteiger partial charge is 0.373 e. The molecule has 0 radical (unpaired) electrons. The molecule has 88 valence electrons. The molecule has 0 amide bonds. The molecule has 1 heteroatoms. The summed E-state index contributed by atoms with van der Waals surface area (Å²) in [6.45, 7) is 0.748. The minimum atomic E-state index is 0.428. The molecular weight excluding hydrogens is 208 g/mol. The van der Waals surface area contributed by atoms with Gasteiger partial charge in [-0.3, -0.25) is 0 Å². The van der Waals surface area contributed by atoms with Gasteiger partial charge in [0.25, 0.3) is 0 Å². The second kappa shape index (κ2) is 4.89. The predicted octanol–water partition coefficient (Wildman–Crippen LogP) is 3.72. The maximum absolute atomic E-state index is 6.01. The summed E-state index contributed by atoms with van der Waals surface area (Å²) in [6, 6.07) is 10.4. The number of benzene rings is 1. The van der Waals surface area contributed by atoms with Crippen LogP contribution < -0.4 is 0 Å². The molecule has 0 spiro atoms. The monoisotopic (exact) mass is 226 g/mol. The summed E-state index contributed by atoms with van der Waals surface area (Å²) in [6.07, 6.45) is 11.8. The first-order chi connectivity index (χ1) is 8.42. The van der Waals surface area contributed by atoms with Crippen LogP contribution in [0.5, 0.6) is 0 Å². The maximum atomic E-state index is 6.01. The van der Waals surface area contributed by atoms with Gasteiger partial charge >= 0.3 is 0 Å². The van der Waals surface area contributed by atoms with Crippen LogP contribution in [0.1, 0.15) is 18.4 Å². The molecule has 1 fully saturated rings. The molecule has 1 aromatic carbocycles. The van der Waals surface area contributed by atoms with Gasteiger partial charge in [0.15, 0.2) is 0 Å². The number of ether oxygens (including phenoxy) is 1. The van der Waals surface area contributed by atoms with Gasteiger partial charge in [-0.15, -0.1) is 0 Å². The molecule has 0 heterocycles. The van der Waals surface area contributed by atoms with Gasteiger partial charge in [-0.05, 0) is 30.2 Å². The third kappa shape index (κ3) is 2.50. The molecule has 1 aromatic rings. The lowest BCUT2D eigenvalue weighted by molar-refractivity contribution is 0.0429. The SMILES string of the molecule is C1=CC2CC(OCc3ccccc3)CC2C=C1. The quantitative estimate of drug-likeness (QED) is 0.763. The molecule has 0 saturated heterocycles. The summed E-state index contributed by atoms with van der Waals surface area (Å²) in [5.41, 5.74) is 1.27. The molecule has 0 N–H and O–H groups in total. The molecular formula is C16H18O. The van der Waals surface area contributed by atoms with Crippen LogP contribution in [0.15, 0.2) is 54.6 Å². The summed E-state index contributed by atoms with van der Waals surface area (Å²) in [5, 5.41) is 0. The summed E-state index contributed by atoms with van der Waals surface area (Å²) >= 11 is 0. The first-order valence-electron chi connectivity index (χ1n) is 6.42. The van der Waals surface area contributed by atoms with Crippen molar-refractivity contribution in [3.63, 3.8) is 0 Å². The van der Waals surface area contributed by atoms with Crippen LogP contribution in [0.2, 0.25) is 0 Å². The van der Waals surface area contributed by atoms with Crippen LogP contribution in [0.25, 0.3) is 0 Å². The van der Waals surface area contributed by atoms with Gasteiger partial charge in [0.2, 0.25) is 0 Å². The summed E-state index contributed by atoms with van der Waals surface area (Å²) < 4.78 is 6.01. The first-order valence-corrected chi connectivity index (χ1v) is 6.42. The second-order valence-electron chi connectivity index (χ2n) is 4.99. The van der Waals surface area contributed by atoms with Crippen molar-refractivity contribution in [1.29, 1.82) is 0 Å². The first kappa shape index (κ1) is 10.8. The Kier molecular flexibility index (Phi) is 3.10. The van der Waals surface area contributed by atoms with Gasteiger partial charge in [-0.1, -0.05) is 54.6 Å². The van der Waals surface area contributed by atoms with Gasteiger partial charge in [-0.25, -0.2) is 0 Å². The predicted molar refractivity (Wildman–Crippen MR) is 69.5 cm³/mol. The molecule has 2 unspecified atom stereocenters. The highest BCUT2D eigenvalue weighted by molar-refractivity contribution is 5.17. The van der Waals surface area contributed by atoms with E-state index in [1.165, 1.54) is 18.4 Å². The van der Waals surface area contributed by atoms with E-state index in [0.29, 0.717) is 17.9 Å². The average Bonchev–Trinajstić information content (AvgIpc) is 2.80. The molecule has 2 atom stereocenters. The lowest BCUT2D eigenvalue weighted by atomic mass is 9.92. The molecule has 3 rings (SSSR count). The number of hydrogen-bond donors (Lipinski definition) is 0. The number of hydrogen-bond acceptors (Lipinski definition) is 1. The Balaban J connectivity index is 1.54. The fraction of sp³-hybridized carbons (Fsp3) is 0.375. The molecule has 0 bridgehead atoms. The smallest absolute Gasteiger partial charge is 0.0720 e. The van der Waals surface area contributed by atoms with E-state index < -0.39 is 0 Å². The Morgan fingerprint density at radius 1 is 0.941 bits per heavy atom. The Labute approximate surface area is 103 Å². The van der Waals surface area contributed by atoms with Crippen LogP contribution in [-0.4, -0.2) is 6.10 Å². The number of fused-ring (bicyclic) bond motifs is 1. The minimum Gasteiger partial charge on any atom is -0.373 e. The van der Waals surface area contributed by atoms with Crippen LogP contribution >= 0.6 is 0 Å². The third-order valence-corrected chi connectivity index (χ3v) is 3.78. The Morgan fingerprint density at radius 3 is 2.24 bits per heavy atom. The molecule has 0 aliphatic heterocycles. The highest BCUT2D eigenvalue weighted by atomic mass is 16.5. The van der Waals surface area contributed by atoms with Crippen molar-refractivity contribution in [3.05, 3.63) is 60.2 Å². The van der Waals surface area contributed by atoms with Gasteiger partial charge < -0.3 is 4.74 Å². The van der Waals surface area contributed by atoms with Gasteiger partial charge in [-0.2, -0.15) is 0 Å². The fourth-order valence-corrected chi connectivity index (χ4v) is 2.83. The van der Waals surface area contributed by atoms with Crippen molar-refractivity contribution in [2.75, 3.05) is 0 Å². The van der Waals surface area contributed by atoms with Gasteiger partial charge in [0, 0.05) is 0 Å². The summed E-state index contributed by atoms with van der Waals surface area (Å²) in [5.74, 6) is 1.42. The summed E-state index contributed by atoms with van der Waals surface area (Å²) in [4.78, 5) is 0. The molecule has 2 aliphatic rings. The topological polar surface area (TPSA) is 9.23 Å². The van der Waals surface area contributed by atoms with E-state index in [1.807, 2.05) is 6.07 Å². The molecule has 2 aliphatic carbocycles. The van der Waals surface area contributed by atoms with E-state index >= 15 is 0 Å². The molecule has 1 nitrogen and oxygen atoms in total. The van der Waals surface area contributed by atoms with Crippen LogP contribution in [-0.2, 0) is 11.3 Å². The van der Waals surface area contributed by atoms with Crippen molar-refractivity contribution >= 4 is 0 Å². The van der Waals surface area contributed by atoms with Crippen molar-refractivity contribution in [2.24, 2.45) is 11.8 Å². The zero-order valence-electron chi connectivity index (χ0n) is 9.96. The zero-order chi connectivity index (χ0) is 11.5. The van der Waals surface area contributed by atoms with Gasteiger partial charge in [0.1, 0.15) is 0 Å². The van der Waals surface area contributed by atoms with Crippen molar-refractivity contribution in [1.82, 2.24) is 0 Å². The number of rotatable bonds is 3. The standard InChI is InChI=1S/C16H18O/c1-2-6-13(7-3-1)12-17-16-10-14-8-4-5-9-15(14)11-16/h1-9,14-16H,10-12H2. The highest BCUT2D eigenvalue weighted by Crippen LogP contribution is 2.37. The fourth-order valence-electron chi connectivity index (χ4n) is 2.83. The van der Waals surface area contributed by atoms with E-state index in [0.717, 1.165) is 6.61 Å². The number of allylic oxidation sites excluding steroid dienone is 4. The lowest BCUT2D eigenvalue weighted by Gasteiger charge is -2.12. The molecule has 1 saturated carbocycles. The van der Waals surface area contributed by atoms with Crippen molar-refractivity contribution in [2.45, 2.75) is 25.6 Å². The van der Waals surface area contributed by atoms with E-state index in [1.54, 1.807) is 0 Å². The van der Waals surface area contributed by atoms with E-state index in [2.05, 4.69) is 48.6 Å². The Bertz CT molecular complexity index is 398. The Morgan fingerprint density at radius 2 is 1.59 bits per heavy atom.